The lowest BCUT2D eigenvalue weighted by Crippen LogP contribution is -2.44. The van der Waals surface area contributed by atoms with E-state index in [-0.39, 0.29) is 19.1 Å². The van der Waals surface area contributed by atoms with E-state index in [4.69, 9.17) is 10.4 Å². The third-order valence-corrected chi connectivity index (χ3v) is 3.43. The molecule has 1 aromatic heterocycles. The van der Waals surface area contributed by atoms with Crippen LogP contribution in [0.4, 0.5) is 5.82 Å². The number of nitrogens with one attached hydrogen (secondary N) is 1. The highest BCUT2D eigenvalue weighted by molar-refractivity contribution is 5.94. The lowest BCUT2D eigenvalue weighted by Gasteiger charge is -2.33. The van der Waals surface area contributed by atoms with Crippen molar-refractivity contribution in [2.75, 3.05) is 51.3 Å². The van der Waals surface area contributed by atoms with E-state index in [0.717, 1.165) is 32.0 Å². The van der Waals surface area contributed by atoms with Crippen LogP contribution in [0.2, 0.25) is 0 Å². The van der Waals surface area contributed by atoms with E-state index in [1.807, 2.05) is 6.07 Å². The largest absolute Gasteiger partial charge is 0.354 e. The van der Waals surface area contributed by atoms with E-state index in [0.29, 0.717) is 5.56 Å². The van der Waals surface area contributed by atoms with Crippen LogP contribution in [-0.2, 0) is 4.84 Å². The fourth-order valence-corrected chi connectivity index (χ4v) is 2.14. The van der Waals surface area contributed by atoms with Gasteiger partial charge in [-0.05, 0) is 19.2 Å². The number of carbonyl (C=O) groups excluding carboxylic acids is 1. The maximum atomic E-state index is 11.9. The average Bonchev–Trinajstić information content (AvgIpc) is 2.52. The van der Waals surface area contributed by atoms with E-state index in [1.54, 1.807) is 6.07 Å². The molecule has 1 aliphatic heterocycles. The van der Waals surface area contributed by atoms with Gasteiger partial charge >= 0.3 is 0 Å². The van der Waals surface area contributed by atoms with Crippen LogP contribution in [0.3, 0.4) is 0 Å². The third-order valence-electron chi connectivity index (χ3n) is 3.43. The van der Waals surface area contributed by atoms with Gasteiger partial charge in [-0.3, -0.25) is 15.2 Å². The van der Waals surface area contributed by atoms with Gasteiger partial charge < -0.3 is 15.1 Å². The van der Waals surface area contributed by atoms with Crippen LogP contribution in [0.1, 0.15) is 10.4 Å². The van der Waals surface area contributed by atoms with Gasteiger partial charge in [0.05, 0.1) is 17.6 Å². The summed E-state index contributed by atoms with van der Waals surface area (Å²) in [5.41, 5.74) is 0.447. The first-order valence-electron chi connectivity index (χ1n) is 7.05. The summed E-state index contributed by atoms with van der Waals surface area (Å²) >= 11 is 0. The van der Waals surface area contributed by atoms with Crippen LogP contribution in [0, 0.1) is 0 Å². The molecule has 0 aliphatic carbocycles. The lowest BCUT2D eigenvalue weighted by atomic mass is 10.2. The number of piperazine rings is 1. The molecule has 0 bridgehead atoms. The number of hydrogen-bond donors (Lipinski definition) is 3. The van der Waals surface area contributed by atoms with Crippen LogP contribution in [0.5, 0.6) is 0 Å². The molecule has 0 spiro atoms. The summed E-state index contributed by atoms with van der Waals surface area (Å²) in [5.74, 6) is 0.577. The molecular formula is C13H21N5O4. The molecule has 0 saturated carbocycles. The van der Waals surface area contributed by atoms with Crippen molar-refractivity contribution in [2.45, 2.75) is 0 Å². The second-order valence-corrected chi connectivity index (χ2v) is 5.04. The molecule has 2 rings (SSSR count). The highest BCUT2D eigenvalue weighted by atomic mass is 17.1. The first kappa shape index (κ1) is 16.6. The van der Waals surface area contributed by atoms with E-state index in [1.165, 1.54) is 6.20 Å². The number of pyridine rings is 1. The quantitative estimate of drug-likeness (QED) is 0.481. The van der Waals surface area contributed by atoms with E-state index < -0.39 is 5.39 Å². The summed E-state index contributed by atoms with van der Waals surface area (Å²) in [6, 6.07) is 3.56. The van der Waals surface area contributed by atoms with Gasteiger partial charge in [-0.1, -0.05) is 0 Å². The highest BCUT2D eigenvalue weighted by Gasteiger charge is 2.15. The summed E-state index contributed by atoms with van der Waals surface area (Å²) in [7, 11) is 2.09. The van der Waals surface area contributed by atoms with Crippen molar-refractivity contribution < 1.29 is 20.0 Å². The molecular weight excluding hydrogens is 290 g/mol. The first-order valence-corrected chi connectivity index (χ1v) is 7.05. The van der Waals surface area contributed by atoms with Crippen molar-refractivity contribution >= 4 is 11.7 Å². The molecule has 0 radical (unpaired) electrons. The Morgan fingerprint density at radius 3 is 2.68 bits per heavy atom. The maximum absolute atomic E-state index is 11.9. The Morgan fingerprint density at radius 1 is 1.36 bits per heavy atom. The van der Waals surface area contributed by atoms with Crippen LogP contribution in [-0.4, -0.2) is 78.0 Å². The minimum absolute atomic E-state index is 0.0501. The molecule has 1 aliphatic rings. The van der Waals surface area contributed by atoms with Crippen LogP contribution in [0.15, 0.2) is 18.3 Å². The Balaban J connectivity index is 1.82. The van der Waals surface area contributed by atoms with Crippen molar-refractivity contribution in [3.8, 4) is 0 Å². The van der Waals surface area contributed by atoms with Gasteiger partial charge in [-0.25, -0.2) is 9.82 Å². The van der Waals surface area contributed by atoms with Crippen molar-refractivity contribution in [3.05, 3.63) is 23.9 Å². The number of hydrogen-bond acceptors (Lipinski definition) is 8. The van der Waals surface area contributed by atoms with Gasteiger partial charge in [0.15, 0.2) is 0 Å². The minimum Gasteiger partial charge on any atom is -0.354 e. The van der Waals surface area contributed by atoms with Crippen molar-refractivity contribution in [1.82, 2.24) is 20.6 Å². The Labute approximate surface area is 128 Å². The Hall–Kier alpha value is -1.78. The zero-order chi connectivity index (χ0) is 15.9. The highest BCUT2D eigenvalue weighted by Crippen LogP contribution is 2.13. The molecule has 1 saturated heterocycles. The summed E-state index contributed by atoms with van der Waals surface area (Å²) in [6.07, 6.45) is 1.54. The Morgan fingerprint density at radius 2 is 2.09 bits per heavy atom. The van der Waals surface area contributed by atoms with E-state index >= 15 is 0 Å². The lowest BCUT2D eigenvalue weighted by molar-refractivity contribution is -0.491. The molecule has 122 valence electrons. The number of aromatic nitrogens is 1. The van der Waals surface area contributed by atoms with Gasteiger partial charge in [0.1, 0.15) is 5.82 Å². The fourth-order valence-electron chi connectivity index (χ4n) is 2.14. The molecule has 1 amide bonds. The number of likely N-dealkylation sites (N-methyl/N-ethyl adjacent to an activating group) is 1. The predicted molar refractivity (Wildman–Crippen MR) is 77.6 cm³/mol. The van der Waals surface area contributed by atoms with Crippen molar-refractivity contribution in [3.63, 3.8) is 0 Å². The molecule has 1 aromatic rings. The smallest absolute Gasteiger partial charge is 0.252 e. The van der Waals surface area contributed by atoms with Gasteiger partial charge in [0.25, 0.3) is 5.91 Å². The zero-order valence-electron chi connectivity index (χ0n) is 12.5. The van der Waals surface area contributed by atoms with Gasteiger partial charge in [-0.15, -0.1) is 0 Å². The van der Waals surface area contributed by atoms with Crippen LogP contribution >= 0.6 is 0 Å². The van der Waals surface area contributed by atoms with Crippen LogP contribution in [0.25, 0.3) is 0 Å². The maximum Gasteiger partial charge on any atom is 0.252 e. The predicted octanol–water partition coefficient (Wildman–Crippen LogP) is -0.425. The molecule has 22 heavy (non-hydrogen) atoms. The van der Waals surface area contributed by atoms with Crippen molar-refractivity contribution in [2.24, 2.45) is 0 Å². The molecule has 9 heteroatoms. The molecule has 0 atom stereocenters. The van der Waals surface area contributed by atoms with Gasteiger partial charge in [-0.2, -0.15) is 0 Å². The SMILES string of the molecule is CN1CCN(c2ccc(C(=O)NCCON(O)O)cn2)CC1. The zero-order valence-corrected chi connectivity index (χ0v) is 12.5. The van der Waals surface area contributed by atoms with Crippen LogP contribution < -0.4 is 10.2 Å². The second-order valence-electron chi connectivity index (χ2n) is 5.04. The van der Waals surface area contributed by atoms with E-state index in [9.17, 15) is 4.79 Å². The van der Waals surface area contributed by atoms with Crippen molar-refractivity contribution in [1.29, 1.82) is 0 Å². The fraction of sp³-hybridized carbons (Fsp3) is 0.538. The summed E-state index contributed by atoms with van der Waals surface area (Å²) in [5, 5.41) is 18.9. The number of amides is 1. The topological polar surface area (TPSA) is 101 Å². The molecule has 0 unspecified atom stereocenters. The summed E-state index contributed by atoms with van der Waals surface area (Å²) < 4.78 is 0. The number of nitrogens with zero attached hydrogens (tertiary/aromatic N) is 4. The Kier molecular flexibility index (Phi) is 6.04. The third kappa shape index (κ3) is 4.90. The second kappa shape index (κ2) is 8.01. The van der Waals surface area contributed by atoms with Gasteiger partial charge in [0, 0.05) is 38.9 Å². The monoisotopic (exact) mass is 311 g/mol. The molecule has 0 aromatic carbocycles. The summed E-state index contributed by atoms with van der Waals surface area (Å²) in [6.45, 7) is 3.94. The van der Waals surface area contributed by atoms with E-state index in [2.05, 4.69) is 32.0 Å². The number of carbonyl (C=O) groups is 1. The van der Waals surface area contributed by atoms with Gasteiger partial charge in [0.2, 0.25) is 0 Å². The molecule has 3 N–H and O–H groups in total. The molecule has 1 fully saturated rings. The Bertz CT molecular complexity index is 474. The standard InChI is InChI=1S/C13H21N5O4/c1-16-5-7-17(8-6-16)12-3-2-11(10-15-12)13(19)14-4-9-22-18(20)21/h2-3,10,20-21H,4-9H2,1H3,(H,14,19). The normalized spacial score (nSPS) is 16.1. The number of anilines is 1. The minimum atomic E-state index is -0.390. The summed E-state index contributed by atoms with van der Waals surface area (Å²) in [4.78, 5) is 25.0. The molecule has 2 heterocycles. The first-order chi connectivity index (χ1) is 10.6. The average molecular weight is 311 g/mol. The number of rotatable bonds is 6. The molecule has 9 nitrogen and oxygen atoms in total.